The van der Waals surface area contributed by atoms with Crippen molar-refractivity contribution in [2.24, 2.45) is 0 Å². The van der Waals surface area contributed by atoms with Crippen LogP contribution in [0.4, 0.5) is 0 Å². The zero-order valence-electron chi connectivity index (χ0n) is 8.28. The van der Waals surface area contributed by atoms with E-state index >= 15 is 0 Å². The van der Waals surface area contributed by atoms with Gasteiger partial charge in [-0.25, -0.2) is 4.98 Å². The van der Waals surface area contributed by atoms with E-state index in [9.17, 15) is 0 Å². The van der Waals surface area contributed by atoms with Crippen molar-refractivity contribution in [3.8, 4) is 0 Å². The maximum absolute atomic E-state index is 4.40. The van der Waals surface area contributed by atoms with Gasteiger partial charge in [0, 0.05) is 18.1 Å². The van der Waals surface area contributed by atoms with Crippen molar-refractivity contribution in [1.82, 2.24) is 9.38 Å². The minimum absolute atomic E-state index is 0.525. The van der Waals surface area contributed by atoms with Gasteiger partial charge in [-0.1, -0.05) is 19.9 Å². The molecule has 0 radical (unpaired) electrons. The second-order valence-corrected chi connectivity index (χ2v) is 3.72. The summed E-state index contributed by atoms with van der Waals surface area (Å²) in [5.74, 6) is 0.525. The lowest BCUT2D eigenvalue weighted by Crippen LogP contribution is -1.94. The Labute approximate surface area is 78.2 Å². The number of fused-ring (bicyclic) bond motifs is 1. The predicted molar refractivity (Wildman–Crippen MR) is 54.0 cm³/mol. The molecule has 2 heteroatoms. The van der Waals surface area contributed by atoms with Crippen LogP contribution in [0.2, 0.25) is 0 Å². The molecule has 0 unspecified atom stereocenters. The van der Waals surface area contributed by atoms with Gasteiger partial charge >= 0.3 is 0 Å². The van der Waals surface area contributed by atoms with Crippen LogP contribution in [0.1, 0.15) is 31.0 Å². The molecule has 0 bridgehead atoms. The molecule has 0 aromatic carbocycles. The molecule has 0 aliphatic carbocycles. The monoisotopic (exact) mass is 174 g/mol. The van der Waals surface area contributed by atoms with Crippen molar-refractivity contribution in [2.75, 3.05) is 0 Å². The van der Waals surface area contributed by atoms with Gasteiger partial charge in [0.15, 0.2) is 0 Å². The van der Waals surface area contributed by atoms with Crippen LogP contribution in [0.3, 0.4) is 0 Å². The fourth-order valence-corrected chi connectivity index (χ4v) is 1.60. The lowest BCUT2D eigenvalue weighted by atomic mass is 10.1. The number of hydrogen-bond acceptors (Lipinski definition) is 1. The lowest BCUT2D eigenvalue weighted by molar-refractivity contribution is 0.808. The van der Waals surface area contributed by atoms with Gasteiger partial charge in [-0.3, -0.25) is 0 Å². The van der Waals surface area contributed by atoms with Crippen molar-refractivity contribution in [2.45, 2.75) is 26.7 Å². The summed E-state index contributed by atoms with van der Waals surface area (Å²) in [5.41, 5.74) is 3.58. The molecule has 0 atom stereocenters. The van der Waals surface area contributed by atoms with Gasteiger partial charge in [-0.15, -0.1) is 0 Å². The maximum atomic E-state index is 4.40. The highest BCUT2D eigenvalue weighted by Gasteiger charge is 2.06. The Morgan fingerprint density at radius 2 is 2.15 bits per heavy atom. The van der Waals surface area contributed by atoms with E-state index in [1.54, 1.807) is 0 Å². The molecule has 0 saturated heterocycles. The molecule has 0 aliphatic rings. The van der Waals surface area contributed by atoms with Crippen molar-refractivity contribution >= 4 is 5.65 Å². The van der Waals surface area contributed by atoms with E-state index in [0.717, 1.165) is 5.65 Å². The standard InChI is InChI=1S/C11H14N2/c1-8(2)10-7-12-11-9(3)5-4-6-13(10)11/h4-8H,1-3H3. The Morgan fingerprint density at radius 3 is 2.85 bits per heavy atom. The summed E-state index contributed by atoms with van der Waals surface area (Å²) in [6.07, 6.45) is 4.04. The lowest BCUT2D eigenvalue weighted by Gasteiger charge is -2.04. The van der Waals surface area contributed by atoms with Crippen LogP contribution < -0.4 is 0 Å². The second-order valence-electron chi connectivity index (χ2n) is 3.72. The van der Waals surface area contributed by atoms with Crippen LogP contribution in [-0.2, 0) is 0 Å². The van der Waals surface area contributed by atoms with Gasteiger partial charge < -0.3 is 4.40 Å². The molecule has 13 heavy (non-hydrogen) atoms. The van der Waals surface area contributed by atoms with E-state index in [4.69, 9.17) is 0 Å². The maximum Gasteiger partial charge on any atom is 0.139 e. The predicted octanol–water partition coefficient (Wildman–Crippen LogP) is 2.77. The Bertz CT molecular complexity index is 427. The zero-order valence-corrected chi connectivity index (χ0v) is 8.28. The number of nitrogens with zero attached hydrogens (tertiary/aromatic N) is 2. The molecule has 2 aromatic rings. The molecule has 68 valence electrons. The molecule has 0 N–H and O–H groups in total. The second kappa shape index (κ2) is 2.87. The fourth-order valence-electron chi connectivity index (χ4n) is 1.60. The largest absolute Gasteiger partial charge is 0.304 e. The van der Waals surface area contributed by atoms with Gasteiger partial charge in [-0.2, -0.15) is 0 Å². The summed E-state index contributed by atoms with van der Waals surface area (Å²) in [5, 5.41) is 0. The van der Waals surface area contributed by atoms with Crippen LogP contribution in [-0.4, -0.2) is 9.38 Å². The third kappa shape index (κ3) is 1.22. The first-order chi connectivity index (χ1) is 6.20. The van der Waals surface area contributed by atoms with E-state index in [2.05, 4.69) is 48.5 Å². The van der Waals surface area contributed by atoms with Crippen LogP contribution >= 0.6 is 0 Å². The first-order valence-corrected chi connectivity index (χ1v) is 4.62. The molecular formula is C11H14N2. The Hall–Kier alpha value is -1.31. The highest BCUT2D eigenvalue weighted by Crippen LogP contribution is 2.17. The topological polar surface area (TPSA) is 17.3 Å². The summed E-state index contributed by atoms with van der Waals surface area (Å²) >= 11 is 0. The molecule has 2 aromatic heterocycles. The first kappa shape index (κ1) is 8.30. The summed E-state index contributed by atoms with van der Waals surface area (Å²) in [7, 11) is 0. The van der Waals surface area contributed by atoms with Crippen LogP contribution in [0.25, 0.3) is 5.65 Å². The molecule has 2 nitrogen and oxygen atoms in total. The van der Waals surface area contributed by atoms with Gasteiger partial charge in [0.2, 0.25) is 0 Å². The van der Waals surface area contributed by atoms with Crippen LogP contribution in [0, 0.1) is 6.92 Å². The third-order valence-electron chi connectivity index (χ3n) is 2.35. The summed E-state index contributed by atoms with van der Waals surface area (Å²) in [6, 6.07) is 4.16. The quantitative estimate of drug-likeness (QED) is 0.649. The van der Waals surface area contributed by atoms with Crippen molar-refractivity contribution in [3.63, 3.8) is 0 Å². The number of rotatable bonds is 1. The van der Waals surface area contributed by atoms with E-state index in [1.807, 2.05) is 6.20 Å². The highest BCUT2D eigenvalue weighted by molar-refractivity contribution is 5.48. The molecule has 2 heterocycles. The summed E-state index contributed by atoms with van der Waals surface area (Å²) in [6.45, 7) is 6.46. The van der Waals surface area contributed by atoms with E-state index in [0.29, 0.717) is 5.92 Å². The van der Waals surface area contributed by atoms with E-state index in [1.165, 1.54) is 11.3 Å². The third-order valence-corrected chi connectivity index (χ3v) is 2.35. The SMILES string of the molecule is Cc1cccn2c(C(C)C)cnc12. The molecular weight excluding hydrogens is 160 g/mol. The van der Waals surface area contributed by atoms with Crippen LogP contribution in [0.15, 0.2) is 24.5 Å². The van der Waals surface area contributed by atoms with Gasteiger partial charge in [0.1, 0.15) is 5.65 Å². The highest BCUT2D eigenvalue weighted by atomic mass is 15.0. The normalized spacial score (nSPS) is 11.4. The number of pyridine rings is 1. The Balaban J connectivity index is 2.75. The average Bonchev–Trinajstić information content (AvgIpc) is 2.48. The summed E-state index contributed by atoms with van der Waals surface area (Å²) < 4.78 is 2.17. The Kier molecular flexibility index (Phi) is 1.83. The number of aryl methyl sites for hydroxylation is 1. The molecule has 0 amide bonds. The smallest absolute Gasteiger partial charge is 0.139 e. The Morgan fingerprint density at radius 1 is 1.38 bits per heavy atom. The minimum atomic E-state index is 0.525. The number of aromatic nitrogens is 2. The molecule has 0 spiro atoms. The van der Waals surface area contributed by atoms with E-state index < -0.39 is 0 Å². The van der Waals surface area contributed by atoms with Crippen LogP contribution in [0.5, 0.6) is 0 Å². The van der Waals surface area contributed by atoms with Crippen molar-refractivity contribution < 1.29 is 0 Å². The van der Waals surface area contributed by atoms with Gasteiger partial charge in [0.25, 0.3) is 0 Å². The minimum Gasteiger partial charge on any atom is -0.304 e. The molecule has 0 aliphatic heterocycles. The first-order valence-electron chi connectivity index (χ1n) is 4.62. The fraction of sp³-hybridized carbons (Fsp3) is 0.364. The molecule has 0 saturated carbocycles. The number of hydrogen-bond donors (Lipinski definition) is 0. The van der Waals surface area contributed by atoms with Gasteiger partial charge in [-0.05, 0) is 24.5 Å². The number of imidazole rings is 1. The molecule has 0 fully saturated rings. The molecule has 2 rings (SSSR count). The van der Waals surface area contributed by atoms with Gasteiger partial charge in [0.05, 0.1) is 0 Å². The van der Waals surface area contributed by atoms with Crippen molar-refractivity contribution in [1.29, 1.82) is 0 Å². The van der Waals surface area contributed by atoms with E-state index in [-0.39, 0.29) is 0 Å². The average molecular weight is 174 g/mol. The van der Waals surface area contributed by atoms with Crippen molar-refractivity contribution in [3.05, 3.63) is 35.8 Å². The summed E-state index contributed by atoms with van der Waals surface area (Å²) in [4.78, 5) is 4.40. The zero-order chi connectivity index (χ0) is 9.42.